The quantitative estimate of drug-likeness (QED) is 0.678. The van der Waals surface area contributed by atoms with Gasteiger partial charge in [0.25, 0.3) is 5.92 Å². The fourth-order valence-electron chi connectivity index (χ4n) is 3.04. The lowest BCUT2D eigenvalue weighted by molar-refractivity contribution is -0.0568. The molecule has 0 radical (unpaired) electrons. The van der Waals surface area contributed by atoms with Crippen LogP contribution in [-0.4, -0.2) is 56.6 Å². The number of likely N-dealkylation sites (tertiary alicyclic amines) is 1. The number of nitrogens with zero attached hydrogens (tertiary/aromatic N) is 4. The highest BCUT2D eigenvalue weighted by molar-refractivity contribution is 6.29. The Morgan fingerprint density at radius 1 is 1.21 bits per heavy atom. The van der Waals surface area contributed by atoms with E-state index in [4.69, 9.17) is 11.6 Å². The Labute approximate surface area is 168 Å². The van der Waals surface area contributed by atoms with Crippen LogP contribution in [0.15, 0.2) is 24.7 Å². The summed E-state index contributed by atoms with van der Waals surface area (Å²) in [5.41, 5.74) is 2.89. The number of anilines is 1. The highest BCUT2D eigenvalue weighted by Gasteiger charge is 2.33. The molecule has 2 aromatic heterocycles. The van der Waals surface area contributed by atoms with Crippen LogP contribution >= 0.6 is 11.6 Å². The molecule has 0 aromatic carbocycles. The third-order valence-electron chi connectivity index (χ3n) is 4.70. The molecule has 9 heteroatoms. The molecule has 1 saturated heterocycles. The fourth-order valence-corrected chi connectivity index (χ4v) is 3.20. The molecule has 1 aliphatic heterocycles. The SMILES string of the molecule is C[C@@H](O)CCNc1cc(Cl)ncc1-c1cnc(CN2CCC(F)(F)CC2)cn1. The molecule has 1 atom stereocenters. The number of alkyl halides is 2. The van der Waals surface area contributed by atoms with E-state index in [0.29, 0.717) is 43.4 Å². The van der Waals surface area contributed by atoms with Gasteiger partial charge < -0.3 is 10.4 Å². The van der Waals surface area contributed by atoms with E-state index in [2.05, 4.69) is 20.3 Å². The molecule has 152 valence electrons. The maximum Gasteiger partial charge on any atom is 0.250 e. The van der Waals surface area contributed by atoms with Crippen molar-refractivity contribution < 1.29 is 13.9 Å². The minimum absolute atomic E-state index is 0.115. The summed E-state index contributed by atoms with van der Waals surface area (Å²) in [6, 6.07) is 1.71. The molecule has 0 aliphatic carbocycles. The second kappa shape index (κ2) is 9.07. The molecule has 0 unspecified atom stereocenters. The normalized spacial score (nSPS) is 18.0. The van der Waals surface area contributed by atoms with Crippen LogP contribution < -0.4 is 5.32 Å². The Morgan fingerprint density at radius 3 is 2.61 bits per heavy atom. The Balaban J connectivity index is 1.67. The standard InChI is InChI=1S/C19H24ClF2N5O/c1-13(28)2-5-23-16-8-18(20)26-10-15(16)17-11-24-14(9-25-17)12-27-6-3-19(21,22)4-7-27/h8-11,13,28H,2-7,12H2,1H3,(H,23,26)/t13-/m1/s1. The van der Waals surface area contributed by atoms with E-state index in [-0.39, 0.29) is 12.8 Å². The summed E-state index contributed by atoms with van der Waals surface area (Å²) < 4.78 is 26.5. The first kappa shape index (κ1) is 20.8. The molecule has 3 rings (SSSR count). The van der Waals surface area contributed by atoms with Gasteiger partial charge in [0.2, 0.25) is 0 Å². The third-order valence-corrected chi connectivity index (χ3v) is 4.91. The average Bonchev–Trinajstić information content (AvgIpc) is 2.64. The number of pyridine rings is 1. The van der Waals surface area contributed by atoms with Crippen LogP contribution in [0.1, 0.15) is 31.9 Å². The largest absolute Gasteiger partial charge is 0.393 e. The fraction of sp³-hybridized carbons (Fsp3) is 0.526. The van der Waals surface area contributed by atoms with E-state index < -0.39 is 12.0 Å². The molecule has 1 fully saturated rings. The summed E-state index contributed by atoms with van der Waals surface area (Å²) in [6.07, 6.45) is 4.91. The van der Waals surface area contributed by atoms with Crippen LogP contribution in [0.2, 0.25) is 5.15 Å². The Hall–Kier alpha value is -1.90. The lowest BCUT2D eigenvalue weighted by Crippen LogP contribution is -2.39. The lowest BCUT2D eigenvalue weighted by atomic mass is 10.1. The van der Waals surface area contributed by atoms with E-state index in [1.807, 2.05) is 4.90 Å². The molecular formula is C19H24ClF2N5O. The summed E-state index contributed by atoms with van der Waals surface area (Å²) in [4.78, 5) is 15.0. The number of aliphatic hydroxyl groups is 1. The molecule has 0 spiro atoms. The molecule has 1 aliphatic rings. The van der Waals surface area contributed by atoms with E-state index >= 15 is 0 Å². The number of halogens is 3. The summed E-state index contributed by atoms with van der Waals surface area (Å²) in [5, 5.41) is 13.0. The Kier molecular flexibility index (Phi) is 6.74. The smallest absolute Gasteiger partial charge is 0.250 e. The number of piperidine rings is 1. The minimum atomic E-state index is -2.55. The van der Waals surface area contributed by atoms with Crippen molar-refractivity contribution in [3.63, 3.8) is 0 Å². The molecule has 0 saturated carbocycles. The second-order valence-electron chi connectivity index (χ2n) is 7.14. The van der Waals surface area contributed by atoms with Crippen LogP contribution in [0.25, 0.3) is 11.3 Å². The highest BCUT2D eigenvalue weighted by Crippen LogP contribution is 2.29. The number of nitrogens with one attached hydrogen (secondary N) is 1. The maximum atomic E-state index is 13.3. The van der Waals surface area contributed by atoms with Gasteiger partial charge in [0, 0.05) is 56.5 Å². The van der Waals surface area contributed by atoms with Gasteiger partial charge in [-0.2, -0.15) is 0 Å². The second-order valence-corrected chi connectivity index (χ2v) is 7.53. The van der Waals surface area contributed by atoms with Gasteiger partial charge in [0.05, 0.1) is 29.9 Å². The van der Waals surface area contributed by atoms with E-state index in [1.54, 1.807) is 31.6 Å². The molecule has 3 heterocycles. The van der Waals surface area contributed by atoms with Crippen LogP contribution in [0.5, 0.6) is 0 Å². The van der Waals surface area contributed by atoms with E-state index in [1.165, 1.54) is 0 Å². The first-order chi connectivity index (χ1) is 13.3. The van der Waals surface area contributed by atoms with E-state index in [0.717, 1.165) is 16.9 Å². The predicted molar refractivity (Wildman–Crippen MR) is 105 cm³/mol. The van der Waals surface area contributed by atoms with Gasteiger partial charge in [-0.3, -0.25) is 14.9 Å². The predicted octanol–water partition coefficient (Wildman–Crippen LogP) is 3.61. The minimum Gasteiger partial charge on any atom is -0.393 e. The zero-order valence-corrected chi connectivity index (χ0v) is 16.5. The van der Waals surface area contributed by atoms with Gasteiger partial charge in [-0.25, -0.2) is 13.8 Å². The third kappa shape index (κ3) is 5.80. The van der Waals surface area contributed by atoms with Gasteiger partial charge >= 0.3 is 0 Å². The van der Waals surface area contributed by atoms with Crippen LogP contribution in [0.3, 0.4) is 0 Å². The first-order valence-corrected chi connectivity index (χ1v) is 9.69. The van der Waals surface area contributed by atoms with Crippen molar-refractivity contribution in [2.45, 2.75) is 44.8 Å². The number of rotatable bonds is 7. The number of hydrogen-bond acceptors (Lipinski definition) is 6. The van der Waals surface area contributed by atoms with Crippen LogP contribution in [0, 0.1) is 0 Å². The number of hydrogen-bond donors (Lipinski definition) is 2. The van der Waals surface area contributed by atoms with Crippen molar-refractivity contribution in [2.24, 2.45) is 0 Å². The molecule has 0 amide bonds. The maximum absolute atomic E-state index is 13.3. The van der Waals surface area contributed by atoms with Gasteiger partial charge in [-0.05, 0) is 19.4 Å². The number of aliphatic hydroxyl groups excluding tert-OH is 1. The highest BCUT2D eigenvalue weighted by atomic mass is 35.5. The molecule has 6 nitrogen and oxygen atoms in total. The Bertz CT molecular complexity index is 778. The Morgan fingerprint density at radius 2 is 1.96 bits per heavy atom. The van der Waals surface area contributed by atoms with Crippen LogP contribution in [-0.2, 0) is 6.54 Å². The molecule has 2 N–H and O–H groups in total. The van der Waals surface area contributed by atoms with Crippen molar-refractivity contribution in [3.05, 3.63) is 35.5 Å². The summed E-state index contributed by atoms with van der Waals surface area (Å²) >= 11 is 6.00. The molecule has 2 aromatic rings. The lowest BCUT2D eigenvalue weighted by Gasteiger charge is -2.31. The summed E-state index contributed by atoms with van der Waals surface area (Å²) in [6.45, 7) is 3.53. The van der Waals surface area contributed by atoms with Crippen molar-refractivity contribution >= 4 is 17.3 Å². The van der Waals surface area contributed by atoms with Crippen molar-refractivity contribution in [1.29, 1.82) is 0 Å². The number of aromatic nitrogens is 3. The summed E-state index contributed by atoms with van der Waals surface area (Å²) in [7, 11) is 0. The molecular weight excluding hydrogens is 388 g/mol. The van der Waals surface area contributed by atoms with Crippen molar-refractivity contribution in [3.8, 4) is 11.3 Å². The van der Waals surface area contributed by atoms with Gasteiger partial charge in [-0.1, -0.05) is 11.6 Å². The van der Waals surface area contributed by atoms with Crippen molar-refractivity contribution in [1.82, 2.24) is 19.9 Å². The molecule has 28 heavy (non-hydrogen) atoms. The zero-order chi connectivity index (χ0) is 20.1. The van der Waals surface area contributed by atoms with Gasteiger partial charge in [0.15, 0.2) is 0 Å². The average molecular weight is 412 g/mol. The van der Waals surface area contributed by atoms with Gasteiger partial charge in [-0.15, -0.1) is 0 Å². The first-order valence-electron chi connectivity index (χ1n) is 9.31. The zero-order valence-electron chi connectivity index (χ0n) is 15.7. The van der Waals surface area contributed by atoms with Crippen LogP contribution in [0.4, 0.5) is 14.5 Å². The molecule has 0 bridgehead atoms. The van der Waals surface area contributed by atoms with E-state index in [9.17, 15) is 13.9 Å². The van der Waals surface area contributed by atoms with Gasteiger partial charge in [0.1, 0.15) is 5.15 Å². The monoisotopic (exact) mass is 411 g/mol. The topological polar surface area (TPSA) is 74.2 Å². The summed E-state index contributed by atoms with van der Waals surface area (Å²) in [5.74, 6) is -2.55. The van der Waals surface area contributed by atoms with Crippen molar-refractivity contribution in [2.75, 3.05) is 25.0 Å².